The lowest BCUT2D eigenvalue weighted by atomic mass is 9.90. The smallest absolute Gasteiger partial charge is 0.160 e. The third-order valence-corrected chi connectivity index (χ3v) is 9.43. The van der Waals surface area contributed by atoms with E-state index in [1.54, 1.807) is 0 Å². The van der Waals surface area contributed by atoms with Gasteiger partial charge < -0.3 is 0 Å². The molecule has 0 unspecified atom stereocenters. The van der Waals surface area contributed by atoms with Crippen LogP contribution < -0.4 is 0 Å². The topological polar surface area (TPSA) is 25.8 Å². The Morgan fingerprint density at radius 2 is 0.784 bits per heavy atom. The molecule has 0 saturated carbocycles. The predicted octanol–water partition coefficient (Wildman–Crippen LogP) is 13.1. The lowest BCUT2D eigenvalue weighted by Gasteiger charge is -2.16. The van der Waals surface area contributed by atoms with E-state index in [4.69, 9.17) is 9.97 Å². The number of hydrogen-bond donors (Lipinski definition) is 0. The Balaban J connectivity index is 1.34. The van der Waals surface area contributed by atoms with Crippen LogP contribution in [0.25, 0.3) is 78.4 Å². The van der Waals surface area contributed by atoms with Gasteiger partial charge in [0.1, 0.15) is 0 Å². The summed E-state index contributed by atoms with van der Waals surface area (Å²) in [5.41, 5.74) is 18.0. The first-order valence-corrected chi connectivity index (χ1v) is 17.5. The second-order valence-corrected chi connectivity index (χ2v) is 13.4. The molecule has 0 aliphatic heterocycles. The quantitative estimate of drug-likeness (QED) is 0.171. The van der Waals surface area contributed by atoms with Gasteiger partial charge in [-0.15, -0.1) is 0 Å². The number of nitrogens with zero attached hydrogens (tertiary/aromatic N) is 2. The van der Waals surface area contributed by atoms with Crippen molar-refractivity contribution in [1.82, 2.24) is 9.97 Å². The number of aryl methyl sites for hydroxylation is 3. The molecule has 0 aliphatic carbocycles. The van der Waals surface area contributed by atoms with Gasteiger partial charge in [0.05, 0.1) is 11.4 Å². The normalized spacial score (nSPS) is 11.0. The number of benzene rings is 7. The highest BCUT2D eigenvalue weighted by atomic mass is 14.9. The van der Waals surface area contributed by atoms with Crippen molar-refractivity contribution in [3.05, 3.63) is 193 Å². The van der Waals surface area contributed by atoms with Crippen LogP contribution in [-0.4, -0.2) is 9.97 Å². The molecule has 0 bridgehead atoms. The van der Waals surface area contributed by atoms with Crippen molar-refractivity contribution in [3.63, 3.8) is 0 Å². The van der Waals surface area contributed by atoms with Gasteiger partial charge in [0, 0.05) is 16.7 Å². The lowest BCUT2D eigenvalue weighted by Crippen LogP contribution is -1.97. The molecule has 51 heavy (non-hydrogen) atoms. The highest BCUT2D eigenvalue weighted by Crippen LogP contribution is 2.39. The van der Waals surface area contributed by atoms with Gasteiger partial charge in [-0.05, 0) is 89.5 Å². The van der Waals surface area contributed by atoms with E-state index in [-0.39, 0.29) is 0 Å². The second kappa shape index (κ2) is 13.9. The van der Waals surface area contributed by atoms with Gasteiger partial charge in [-0.2, -0.15) is 0 Å². The molecule has 0 radical (unpaired) electrons. The molecule has 2 nitrogen and oxygen atoms in total. The summed E-state index contributed by atoms with van der Waals surface area (Å²) in [5, 5.41) is 0. The Hall–Kier alpha value is -6.38. The van der Waals surface area contributed by atoms with Gasteiger partial charge in [0.15, 0.2) is 5.82 Å². The lowest BCUT2D eigenvalue weighted by molar-refractivity contribution is 1.18. The van der Waals surface area contributed by atoms with Crippen molar-refractivity contribution < 1.29 is 0 Å². The minimum atomic E-state index is 0.702. The van der Waals surface area contributed by atoms with E-state index < -0.39 is 0 Å². The Labute approximate surface area is 300 Å². The summed E-state index contributed by atoms with van der Waals surface area (Å²) in [6, 6.07) is 62.8. The highest BCUT2D eigenvalue weighted by Gasteiger charge is 2.16. The third kappa shape index (κ3) is 6.90. The average molecular weight is 655 g/mol. The number of hydrogen-bond acceptors (Lipinski definition) is 2. The molecule has 244 valence electrons. The van der Waals surface area contributed by atoms with Crippen molar-refractivity contribution in [2.24, 2.45) is 0 Å². The summed E-state index contributed by atoms with van der Waals surface area (Å²) < 4.78 is 0. The van der Waals surface area contributed by atoms with Crippen LogP contribution in [0.1, 0.15) is 16.7 Å². The SMILES string of the molecule is Cc1ccc(-c2cccc(-c3ccc(-c4cccc(-c5cc(C)cc(C)c5)c4)cc3-c3cc(-c4ccccc4)nc(-c4ccccc4)n3)c2)cc1. The largest absolute Gasteiger partial charge is 0.228 e. The molecule has 0 aliphatic rings. The van der Waals surface area contributed by atoms with Crippen molar-refractivity contribution in [2.75, 3.05) is 0 Å². The summed E-state index contributed by atoms with van der Waals surface area (Å²) >= 11 is 0. The van der Waals surface area contributed by atoms with Crippen LogP contribution in [0, 0.1) is 20.8 Å². The predicted molar refractivity (Wildman–Crippen MR) is 214 cm³/mol. The Bertz CT molecular complexity index is 2400. The van der Waals surface area contributed by atoms with Crippen molar-refractivity contribution in [2.45, 2.75) is 20.8 Å². The average Bonchev–Trinajstić information content (AvgIpc) is 3.18. The first-order chi connectivity index (χ1) is 25.0. The van der Waals surface area contributed by atoms with Gasteiger partial charge in [0.2, 0.25) is 0 Å². The van der Waals surface area contributed by atoms with Crippen molar-refractivity contribution >= 4 is 0 Å². The van der Waals surface area contributed by atoms with Crippen LogP contribution in [0.5, 0.6) is 0 Å². The number of rotatable bonds is 7. The Morgan fingerprint density at radius 1 is 0.275 bits per heavy atom. The third-order valence-electron chi connectivity index (χ3n) is 9.43. The van der Waals surface area contributed by atoms with Crippen LogP contribution in [0.15, 0.2) is 176 Å². The van der Waals surface area contributed by atoms with Crippen molar-refractivity contribution in [3.8, 4) is 78.4 Å². The zero-order valence-corrected chi connectivity index (χ0v) is 29.1. The molecule has 7 aromatic carbocycles. The molecule has 2 heteroatoms. The van der Waals surface area contributed by atoms with Crippen LogP contribution in [0.3, 0.4) is 0 Å². The van der Waals surface area contributed by atoms with Gasteiger partial charge in [-0.25, -0.2) is 9.97 Å². The molecular weight excluding hydrogens is 617 g/mol. The highest BCUT2D eigenvalue weighted by molar-refractivity contribution is 5.89. The molecule has 0 saturated heterocycles. The number of aromatic nitrogens is 2. The molecule has 8 rings (SSSR count). The van der Waals surface area contributed by atoms with Crippen LogP contribution in [-0.2, 0) is 0 Å². The molecule has 0 fully saturated rings. The zero-order valence-electron chi connectivity index (χ0n) is 29.1. The minimum Gasteiger partial charge on any atom is -0.228 e. The molecule has 0 atom stereocenters. The molecule has 1 aromatic heterocycles. The molecular formula is C49H38N2. The van der Waals surface area contributed by atoms with E-state index in [1.165, 1.54) is 38.9 Å². The fourth-order valence-corrected chi connectivity index (χ4v) is 6.88. The first kappa shape index (κ1) is 31.9. The summed E-state index contributed by atoms with van der Waals surface area (Å²) in [5.74, 6) is 0.702. The fourth-order valence-electron chi connectivity index (χ4n) is 6.88. The maximum atomic E-state index is 5.28. The van der Waals surface area contributed by atoms with Gasteiger partial charge in [-0.3, -0.25) is 0 Å². The maximum absolute atomic E-state index is 5.28. The van der Waals surface area contributed by atoms with E-state index in [1.807, 2.05) is 24.3 Å². The summed E-state index contributed by atoms with van der Waals surface area (Å²) in [6.45, 7) is 6.45. The van der Waals surface area contributed by atoms with E-state index in [2.05, 4.69) is 172 Å². The minimum absolute atomic E-state index is 0.702. The Morgan fingerprint density at radius 3 is 1.47 bits per heavy atom. The van der Waals surface area contributed by atoms with Gasteiger partial charge >= 0.3 is 0 Å². The summed E-state index contributed by atoms with van der Waals surface area (Å²) in [4.78, 5) is 10.4. The second-order valence-electron chi connectivity index (χ2n) is 13.4. The monoisotopic (exact) mass is 654 g/mol. The van der Waals surface area contributed by atoms with E-state index in [9.17, 15) is 0 Å². The van der Waals surface area contributed by atoms with Crippen LogP contribution in [0.4, 0.5) is 0 Å². The van der Waals surface area contributed by atoms with E-state index in [0.29, 0.717) is 5.82 Å². The molecule has 0 amide bonds. The maximum Gasteiger partial charge on any atom is 0.160 e. The molecule has 0 N–H and O–H groups in total. The van der Waals surface area contributed by atoms with E-state index in [0.717, 1.165) is 50.3 Å². The summed E-state index contributed by atoms with van der Waals surface area (Å²) in [6.07, 6.45) is 0. The fraction of sp³-hybridized carbons (Fsp3) is 0.0612. The van der Waals surface area contributed by atoms with E-state index >= 15 is 0 Å². The molecule has 0 spiro atoms. The standard InChI is InChI=1S/C49H38N2/c1-33-20-22-36(23-21-33)39-16-11-19-43(30-39)45-25-24-42(40-17-10-18-41(29-40)44-27-34(2)26-35(3)28-44)31-46(45)48-32-47(37-12-6-4-7-13-37)50-49(51-48)38-14-8-5-9-15-38/h4-32H,1-3H3. The zero-order chi connectivity index (χ0) is 34.7. The van der Waals surface area contributed by atoms with Gasteiger partial charge in [-0.1, -0.05) is 168 Å². The molecule has 8 aromatic rings. The van der Waals surface area contributed by atoms with Gasteiger partial charge in [0.25, 0.3) is 0 Å². The molecule has 1 heterocycles. The summed E-state index contributed by atoms with van der Waals surface area (Å²) in [7, 11) is 0. The van der Waals surface area contributed by atoms with Crippen LogP contribution in [0.2, 0.25) is 0 Å². The first-order valence-electron chi connectivity index (χ1n) is 17.5. The Kier molecular flexibility index (Phi) is 8.66. The van der Waals surface area contributed by atoms with Crippen LogP contribution >= 0.6 is 0 Å². The van der Waals surface area contributed by atoms with Crippen molar-refractivity contribution in [1.29, 1.82) is 0 Å².